The monoisotopic (exact) mass is 375 g/mol. The minimum Gasteiger partial charge on any atom is -0.493 e. The minimum atomic E-state index is -1.32. The van der Waals surface area contributed by atoms with Gasteiger partial charge in [-0.3, -0.25) is 9.59 Å². The third kappa shape index (κ3) is 4.02. The fourth-order valence-electron chi connectivity index (χ4n) is 2.89. The summed E-state index contributed by atoms with van der Waals surface area (Å²) in [6.45, 7) is 1.54. The van der Waals surface area contributed by atoms with Gasteiger partial charge < -0.3 is 19.9 Å². The van der Waals surface area contributed by atoms with E-state index in [-0.39, 0.29) is 30.0 Å². The second-order valence-corrected chi connectivity index (χ2v) is 5.98. The number of carboxylic acids is 1. The Morgan fingerprint density at radius 3 is 2.22 bits per heavy atom. The van der Waals surface area contributed by atoms with Crippen molar-refractivity contribution in [1.29, 1.82) is 0 Å². The molecule has 0 saturated carbocycles. The fourth-order valence-corrected chi connectivity index (χ4v) is 2.89. The standard InChI is InChI=1S/C20H22FNO5/c1-4-20(19(24)25,13-8-6-5-7-9-13)12-22-18(23)14-10-16(26-2)17(27-3)11-15(14)21/h5-11H,4,12H2,1-3H3,(H,22,23)(H,24,25). The van der Waals surface area contributed by atoms with Crippen molar-refractivity contribution in [3.8, 4) is 11.5 Å². The average Bonchev–Trinajstić information content (AvgIpc) is 2.68. The molecule has 2 N–H and O–H groups in total. The van der Waals surface area contributed by atoms with Gasteiger partial charge in [0.1, 0.15) is 11.2 Å². The third-order valence-corrected chi connectivity index (χ3v) is 4.61. The summed E-state index contributed by atoms with van der Waals surface area (Å²) >= 11 is 0. The molecule has 0 aromatic heterocycles. The quantitative estimate of drug-likeness (QED) is 0.741. The van der Waals surface area contributed by atoms with Crippen LogP contribution in [0.1, 0.15) is 29.3 Å². The van der Waals surface area contributed by atoms with E-state index < -0.39 is 23.1 Å². The number of nitrogens with one attached hydrogen (secondary N) is 1. The number of carboxylic acid groups (broad SMARTS) is 1. The number of halogens is 1. The lowest BCUT2D eigenvalue weighted by Gasteiger charge is -2.29. The number of rotatable bonds is 8. The van der Waals surface area contributed by atoms with Crippen molar-refractivity contribution >= 4 is 11.9 Å². The van der Waals surface area contributed by atoms with Crippen molar-refractivity contribution in [3.63, 3.8) is 0 Å². The molecule has 1 atom stereocenters. The number of carbonyl (C=O) groups is 2. The zero-order valence-electron chi connectivity index (χ0n) is 15.4. The van der Waals surface area contributed by atoms with Crippen LogP contribution in [0.2, 0.25) is 0 Å². The second kappa shape index (κ2) is 8.53. The maximum absolute atomic E-state index is 14.3. The van der Waals surface area contributed by atoms with Crippen LogP contribution in [0.4, 0.5) is 4.39 Å². The number of methoxy groups -OCH3 is 2. The predicted octanol–water partition coefficient (Wildman–Crippen LogP) is 3.01. The molecule has 1 unspecified atom stereocenters. The maximum atomic E-state index is 14.3. The molecule has 1 amide bonds. The Morgan fingerprint density at radius 1 is 1.11 bits per heavy atom. The van der Waals surface area contributed by atoms with Crippen LogP contribution in [0.3, 0.4) is 0 Å². The summed E-state index contributed by atoms with van der Waals surface area (Å²) in [5.41, 5.74) is -1.01. The molecule has 0 spiro atoms. The largest absolute Gasteiger partial charge is 0.493 e. The van der Waals surface area contributed by atoms with Crippen molar-refractivity contribution in [2.75, 3.05) is 20.8 Å². The van der Waals surface area contributed by atoms with E-state index in [2.05, 4.69) is 5.32 Å². The van der Waals surface area contributed by atoms with Crippen molar-refractivity contribution in [1.82, 2.24) is 5.32 Å². The Kier molecular flexibility index (Phi) is 6.39. The van der Waals surface area contributed by atoms with Crippen LogP contribution in [0.15, 0.2) is 42.5 Å². The van der Waals surface area contributed by atoms with Crippen LogP contribution in [0.5, 0.6) is 11.5 Å². The molecule has 144 valence electrons. The molecule has 0 aliphatic carbocycles. The van der Waals surface area contributed by atoms with E-state index in [0.29, 0.717) is 5.56 Å². The number of aliphatic carboxylic acids is 1. The highest BCUT2D eigenvalue weighted by molar-refractivity contribution is 5.96. The predicted molar refractivity (Wildman–Crippen MR) is 97.9 cm³/mol. The normalized spacial score (nSPS) is 12.7. The van der Waals surface area contributed by atoms with E-state index in [1.165, 1.54) is 20.3 Å². The first-order chi connectivity index (χ1) is 12.9. The average molecular weight is 375 g/mol. The molecule has 0 heterocycles. The first-order valence-electron chi connectivity index (χ1n) is 8.38. The Labute approximate surface area is 156 Å². The Bertz CT molecular complexity index is 825. The minimum absolute atomic E-state index is 0.157. The zero-order chi connectivity index (χ0) is 20.0. The van der Waals surface area contributed by atoms with E-state index in [9.17, 15) is 19.1 Å². The highest BCUT2D eigenvalue weighted by Gasteiger charge is 2.39. The lowest BCUT2D eigenvalue weighted by molar-refractivity contribution is -0.143. The topological polar surface area (TPSA) is 84.9 Å². The van der Waals surface area contributed by atoms with Crippen LogP contribution < -0.4 is 14.8 Å². The van der Waals surface area contributed by atoms with Crippen LogP contribution in [-0.4, -0.2) is 37.7 Å². The molecule has 0 bridgehead atoms. The number of hydrogen-bond acceptors (Lipinski definition) is 4. The third-order valence-electron chi connectivity index (χ3n) is 4.61. The van der Waals surface area contributed by atoms with E-state index in [1.54, 1.807) is 37.3 Å². The molecule has 2 aromatic carbocycles. The molecule has 6 nitrogen and oxygen atoms in total. The fraction of sp³-hybridized carbons (Fsp3) is 0.300. The number of amides is 1. The van der Waals surface area contributed by atoms with Gasteiger partial charge in [-0.25, -0.2) is 4.39 Å². The summed E-state index contributed by atoms with van der Waals surface area (Å²) in [5.74, 6) is -2.23. The van der Waals surface area contributed by atoms with Gasteiger partial charge in [-0.2, -0.15) is 0 Å². The highest BCUT2D eigenvalue weighted by atomic mass is 19.1. The van der Waals surface area contributed by atoms with Crippen molar-refractivity contribution in [2.45, 2.75) is 18.8 Å². The van der Waals surface area contributed by atoms with Crippen LogP contribution in [0.25, 0.3) is 0 Å². The van der Waals surface area contributed by atoms with E-state index >= 15 is 0 Å². The van der Waals surface area contributed by atoms with Gasteiger partial charge in [0.2, 0.25) is 0 Å². The zero-order valence-corrected chi connectivity index (χ0v) is 15.4. The van der Waals surface area contributed by atoms with Gasteiger partial charge in [0.15, 0.2) is 11.5 Å². The molecule has 27 heavy (non-hydrogen) atoms. The molecule has 2 aromatic rings. The van der Waals surface area contributed by atoms with Crippen LogP contribution >= 0.6 is 0 Å². The van der Waals surface area contributed by atoms with Crippen molar-refractivity contribution in [2.24, 2.45) is 0 Å². The lowest BCUT2D eigenvalue weighted by atomic mass is 9.78. The number of benzene rings is 2. The Balaban J connectivity index is 2.30. The van der Waals surface area contributed by atoms with E-state index in [0.717, 1.165) is 6.07 Å². The van der Waals surface area contributed by atoms with Gasteiger partial charge in [-0.15, -0.1) is 0 Å². The van der Waals surface area contributed by atoms with Gasteiger partial charge in [0.25, 0.3) is 5.91 Å². The molecule has 2 rings (SSSR count). The summed E-state index contributed by atoms with van der Waals surface area (Å²) in [7, 11) is 2.73. The highest BCUT2D eigenvalue weighted by Crippen LogP contribution is 2.31. The number of carbonyl (C=O) groups excluding carboxylic acids is 1. The first kappa shape index (κ1) is 20.2. The summed E-state index contributed by atoms with van der Waals surface area (Å²) in [5, 5.41) is 12.3. The van der Waals surface area contributed by atoms with Gasteiger partial charge >= 0.3 is 5.97 Å². The Hall–Kier alpha value is -3.09. The van der Waals surface area contributed by atoms with Crippen molar-refractivity contribution in [3.05, 3.63) is 59.4 Å². The maximum Gasteiger partial charge on any atom is 0.315 e. The smallest absolute Gasteiger partial charge is 0.315 e. The molecule has 0 radical (unpaired) electrons. The molecule has 0 aliphatic heterocycles. The number of hydrogen-bond donors (Lipinski definition) is 2. The van der Waals surface area contributed by atoms with Gasteiger partial charge in [0, 0.05) is 12.6 Å². The molecule has 0 fully saturated rings. The lowest BCUT2D eigenvalue weighted by Crippen LogP contribution is -2.46. The van der Waals surface area contributed by atoms with Crippen molar-refractivity contribution < 1.29 is 28.6 Å². The Morgan fingerprint density at radius 2 is 1.70 bits per heavy atom. The number of ether oxygens (including phenoxy) is 2. The molecular weight excluding hydrogens is 353 g/mol. The van der Waals surface area contributed by atoms with Crippen LogP contribution in [-0.2, 0) is 10.2 Å². The second-order valence-electron chi connectivity index (χ2n) is 5.98. The summed E-state index contributed by atoms with van der Waals surface area (Å²) in [6, 6.07) is 10.9. The summed E-state index contributed by atoms with van der Waals surface area (Å²) in [4.78, 5) is 24.5. The SMILES string of the molecule is CCC(CNC(=O)c1cc(OC)c(OC)cc1F)(C(=O)O)c1ccccc1. The van der Waals surface area contributed by atoms with Gasteiger partial charge in [0.05, 0.1) is 19.8 Å². The molecule has 0 saturated heterocycles. The first-order valence-corrected chi connectivity index (χ1v) is 8.38. The van der Waals surface area contributed by atoms with Crippen LogP contribution in [0, 0.1) is 5.82 Å². The summed E-state index contributed by atoms with van der Waals surface area (Å²) < 4.78 is 24.4. The van der Waals surface area contributed by atoms with Gasteiger partial charge in [-0.05, 0) is 18.1 Å². The van der Waals surface area contributed by atoms with E-state index in [1.807, 2.05) is 0 Å². The molecule has 0 aliphatic rings. The van der Waals surface area contributed by atoms with E-state index in [4.69, 9.17) is 9.47 Å². The van der Waals surface area contributed by atoms with Gasteiger partial charge in [-0.1, -0.05) is 37.3 Å². The molecule has 7 heteroatoms. The summed E-state index contributed by atoms with van der Waals surface area (Å²) in [6.07, 6.45) is 0.251. The molecular formula is C20H22FNO5.